The van der Waals surface area contributed by atoms with Crippen molar-refractivity contribution in [2.75, 3.05) is 13.2 Å². The fraction of sp³-hybridized carbons (Fsp3) is 0.923. The summed E-state index contributed by atoms with van der Waals surface area (Å²) in [5, 5.41) is 6.40. The molecular weight excluding hydrogens is 216 g/mol. The van der Waals surface area contributed by atoms with E-state index in [9.17, 15) is 4.79 Å². The van der Waals surface area contributed by atoms with Gasteiger partial charge in [-0.05, 0) is 32.6 Å². The van der Waals surface area contributed by atoms with Crippen LogP contribution < -0.4 is 10.6 Å². The zero-order chi connectivity index (χ0) is 12.7. The monoisotopic (exact) mass is 242 g/mol. The number of carbonyl (C=O) groups excluding carboxylic acids is 1. The van der Waals surface area contributed by atoms with E-state index in [4.69, 9.17) is 4.74 Å². The molecule has 17 heavy (non-hydrogen) atoms. The largest absolute Gasteiger partial charge is 0.380 e. The van der Waals surface area contributed by atoms with Crippen molar-refractivity contribution in [1.29, 1.82) is 0 Å². The van der Waals surface area contributed by atoms with Gasteiger partial charge in [0.1, 0.15) is 0 Å². The number of amides is 1. The molecule has 2 atom stereocenters. The molecule has 0 spiro atoms. The van der Waals surface area contributed by atoms with Crippen LogP contribution in [0.1, 0.15) is 46.5 Å². The van der Waals surface area contributed by atoms with E-state index in [-0.39, 0.29) is 11.9 Å². The molecule has 1 aliphatic heterocycles. The highest BCUT2D eigenvalue weighted by atomic mass is 16.5. The molecule has 2 unspecified atom stereocenters. The summed E-state index contributed by atoms with van der Waals surface area (Å²) >= 11 is 0. The topological polar surface area (TPSA) is 50.4 Å². The lowest BCUT2D eigenvalue weighted by molar-refractivity contribution is -0.124. The number of carbonyl (C=O) groups is 1. The predicted molar refractivity (Wildman–Crippen MR) is 69.0 cm³/mol. The molecule has 0 aromatic rings. The summed E-state index contributed by atoms with van der Waals surface area (Å²) < 4.78 is 5.39. The summed E-state index contributed by atoms with van der Waals surface area (Å²) in [6.45, 7) is 7.70. The van der Waals surface area contributed by atoms with E-state index >= 15 is 0 Å². The molecule has 4 heteroatoms. The van der Waals surface area contributed by atoms with Crippen LogP contribution >= 0.6 is 0 Å². The van der Waals surface area contributed by atoms with Gasteiger partial charge in [0, 0.05) is 18.7 Å². The van der Waals surface area contributed by atoms with Gasteiger partial charge in [0.25, 0.3) is 0 Å². The lowest BCUT2D eigenvalue weighted by Crippen LogP contribution is -2.51. The maximum absolute atomic E-state index is 11.9. The van der Waals surface area contributed by atoms with Crippen molar-refractivity contribution in [3.63, 3.8) is 0 Å². The van der Waals surface area contributed by atoms with Crippen molar-refractivity contribution >= 4 is 5.91 Å². The Balaban J connectivity index is 2.30. The van der Waals surface area contributed by atoms with Crippen LogP contribution in [-0.4, -0.2) is 37.2 Å². The van der Waals surface area contributed by atoms with Crippen LogP contribution in [0.25, 0.3) is 0 Å². The number of rotatable bonds is 6. The fourth-order valence-electron chi connectivity index (χ4n) is 2.12. The quantitative estimate of drug-likeness (QED) is 0.741. The number of hydrogen-bond donors (Lipinski definition) is 2. The van der Waals surface area contributed by atoms with Gasteiger partial charge >= 0.3 is 0 Å². The van der Waals surface area contributed by atoms with Crippen LogP contribution in [0, 0.1) is 0 Å². The number of ether oxygens (including phenoxy) is 1. The highest BCUT2D eigenvalue weighted by Crippen LogP contribution is 2.07. The Morgan fingerprint density at radius 1 is 1.41 bits per heavy atom. The Kier molecular flexibility index (Phi) is 6.52. The van der Waals surface area contributed by atoms with Gasteiger partial charge in [-0.1, -0.05) is 13.8 Å². The molecule has 1 heterocycles. The van der Waals surface area contributed by atoms with E-state index in [1.807, 2.05) is 6.92 Å². The van der Waals surface area contributed by atoms with Crippen molar-refractivity contribution in [3.8, 4) is 0 Å². The lowest BCUT2D eigenvalue weighted by Gasteiger charge is -2.27. The second kappa shape index (κ2) is 7.67. The third-order valence-electron chi connectivity index (χ3n) is 3.37. The Bertz CT molecular complexity index is 223. The van der Waals surface area contributed by atoms with Gasteiger partial charge in [-0.15, -0.1) is 0 Å². The van der Waals surface area contributed by atoms with Crippen LogP contribution in [0.4, 0.5) is 0 Å². The second-order valence-corrected chi connectivity index (χ2v) is 4.82. The molecule has 0 aliphatic carbocycles. The Hall–Kier alpha value is -0.610. The van der Waals surface area contributed by atoms with Crippen LogP contribution in [0.5, 0.6) is 0 Å². The summed E-state index contributed by atoms with van der Waals surface area (Å²) in [6.07, 6.45) is 4.16. The summed E-state index contributed by atoms with van der Waals surface area (Å²) in [7, 11) is 0. The minimum absolute atomic E-state index is 0.101. The molecule has 0 bridgehead atoms. The van der Waals surface area contributed by atoms with Gasteiger partial charge in [-0.25, -0.2) is 0 Å². The van der Waals surface area contributed by atoms with E-state index in [1.54, 1.807) is 0 Å². The number of nitrogens with one attached hydrogen (secondary N) is 2. The van der Waals surface area contributed by atoms with Crippen molar-refractivity contribution in [2.45, 2.75) is 64.6 Å². The average molecular weight is 242 g/mol. The molecule has 2 N–H and O–H groups in total. The average Bonchev–Trinajstić information content (AvgIpc) is 2.36. The second-order valence-electron chi connectivity index (χ2n) is 4.82. The van der Waals surface area contributed by atoms with Crippen LogP contribution in [0.15, 0.2) is 0 Å². The summed E-state index contributed by atoms with van der Waals surface area (Å²) in [4.78, 5) is 11.9. The van der Waals surface area contributed by atoms with E-state index < -0.39 is 0 Å². The van der Waals surface area contributed by atoms with Crippen LogP contribution in [0.2, 0.25) is 0 Å². The first-order valence-electron chi connectivity index (χ1n) is 6.81. The van der Waals surface area contributed by atoms with E-state index in [0.717, 1.165) is 38.9 Å². The predicted octanol–water partition coefficient (Wildman–Crippen LogP) is 1.45. The molecule has 1 aliphatic rings. The normalized spacial score (nSPS) is 22.5. The van der Waals surface area contributed by atoms with Crippen molar-refractivity contribution < 1.29 is 9.53 Å². The molecule has 0 saturated carbocycles. The molecule has 100 valence electrons. The lowest BCUT2D eigenvalue weighted by atomic mass is 10.1. The molecule has 0 aromatic carbocycles. The third kappa shape index (κ3) is 5.04. The standard InChI is InChI=1S/C13H26N2O2/c1-4-11(5-2)15-13(16)10(3)14-12-7-6-8-17-9-12/h10-12,14H,4-9H2,1-3H3,(H,15,16). The van der Waals surface area contributed by atoms with E-state index in [0.29, 0.717) is 12.1 Å². The molecule has 0 aromatic heterocycles. The zero-order valence-electron chi connectivity index (χ0n) is 11.3. The highest BCUT2D eigenvalue weighted by molar-refractivity contribution is 5.81. The minimum atomic E-state index is -0.137. The van der Waals surface area contributed by atoms with Gasteiger partial charge in [-0.3, -0.25) is 4.79 Å². The fourth-order valence-corrected chi connectivity index (χ4v) is 2.12. The van der Waals surface area contributed by atoms with Crippen molar-refractivity contribution in [3.05, 3.63) is 0 Å². The van der Waals surface area contributed by atoms with Gasteiger partial charge in [-0.2, -0.15) is 0 Å². The SMILES string of the molecule is CCC(CC)NC(=O)C(C)NC1CCCOC1. The number of hydrogen-bond acceptors (Lipinski definition) is 3. The molecule has 1 saturated heterocycles. The van der Waals surface area contributed by atoms with Gasteiger partial charge < -0.3 is 15.4 Å². The first-order valence-corrected chi connectivity index (χ1v) is 6.81. The molecule has 4 nitrogen and oxygen atoms in total. The molecule has 0 radical (unpaired) electrons. The maximum atomic E-state index is 11.9. The van der Waals surface area contributed by atoms with Gasteiger partial charge in [0.15, 0.2) is 0 Å². The minimum Gasteiger partial charge on any atom is -0.380 e. The van der Waals surface area contributed by atoms with Crippen molar-refractivity contribution in [2.24, 2.45) is 0 Å². The Morgan fingerprint density at radius 2 is 2.12 bits per heavy atom. The van der Waals surface area contributed by atoms with Crippen LogP contribution in [-0.2, 0) is 9.53 Å². The van der Waals surface area contributed by atoms with Gasteiger partial charge in [0.05, 0.1) is 12.6 Å². The Labute approximate surface area is 104 Å². The molecule has 1 fully saturated rings. The summed E-state index contributed by atoms with van der Waals surface area (Å²) in [6, 6.07) is 0.489. The first-order chi connectivity index (χ1) is 8.17. The zero-order valence-corrected chi connectivity index (χ0v) is 11.3. The molecule has 1 amide bonds. The van der Waals surface area contributed by atoms with Crippen LogP contribution in [0.3, 0.4) is 0 Å². The summed E-state index contributed by atoms with van der Waals surface area (Å²) in [5.74, 6) is 0.101. The first kappa shape index (κ1) is 14.5. The smallest absolute Gasteiger partial charge is 0.237 e. The third-order valence-corrected chi connectivity index (χ3v) is 3.37. The Morgan fingerprint density at radius 3 is 2.65 bits per heavy atom. The molecular formula is C13H26N2O2. The molecule has 1 rings (SSSR count). The van der Waals surface area contributed by atoms with Gasteiger partial charge in [0.2, 0.25) is 5.91 Å². The van der Waals surface area contributed by atoms with E-state index in [2.05, 4.69) is 24.5 Å². The van der Waals surface area contributed by atoms with E-state index in [1.165, 1.54) is 0 Å². The van der Waals surface area contributed by atoms with Crippen molar-refractivity contribution in [1.82, 2.24) is 10.6 Å². The summed E-state index contributed by atoms with van der Waals surface area (Å²) in [5.41, 5.74) is 0. The highest BCUT2D eigenvalue weighted by Gasteiger charge is 2.21. The maximum Gasteiger partial charge on any atom is 0.237 e.